The number of carbonyl (C=O) groups excluding carboxylic acids is 1. The predicted octanol–water partition coefficient (Wildman–Crippen LogP) is 2.00. The van der Waals surface area contributed by atoms with Crippen molar-refractivity contribution in [2.75, 3.05) is 19.0 Å². The fourth-order valence-corrected chi connectivity index (χ4v) is 1.56. The van der Waals surface area contributed by atoms with Crippen LogP contribution in [-0.2, 0) is 9.53 Å². The minimum absolute atomic E-state index is 0.278. The van der Waals surface area contributed by atoms with Crippen LogP contribution in [0.3, 0.4) is 0 Å². The minimum Gasteiger partial charge on any atom is -0.481 e. The number of benzene rings is 1. The van der Waals surface area contributed by atoms with Crippen molar-refractivity contribution >= 4 is 17.6 Å². The van der Waals surface area contributed by atoms with Gasteiger partial charge in [-0.1, -0.05) is 19.1 Å². The topological polar surface area (TPSA) is 75.6 Å². The standard InChI is InChI=1S/C13H17NO4/c1-3-9(12(15)16)8-14-11-7-5-4-6-10(11)13(17)18-2/h4-7,9,14H,3,8H2,1-2H3,(H,15,16). The van der Waals surface area contributed by atoms with Gasteiger partial charge in [0.2, 0.25) is 0 Å². The van der Waals surface area contributed by atoms with E-state index in [-0.39, 0.29) is 6.54 Å². The first kappa shape index (κ1) is 14.0. The van der Waals surface area contributed by atoms with E-state index in [2.05, 4.69) is 10.1 Å². The highest BCUT2D eigenvalue weighted by Gasteiger charge is 2.16. The molecule has 0 saturated carbocycles. The van der Waals surface area contributed by atoms with Gasteiger partial charge >= 0.3 is 11.9 Å². The number of hydrogen-bond donors (Lipinski definition) is 2. The predicted molar refractivity (Wildman–Crippen MR) is 67.7 cm³/mol. The Morgan fingerprint density at radius 1 is 1.39 bits per heavy atom. The molecule has 0 aliphatic rings. The van der Waals surface area contributed by atoms with E-state index < -0.39 is 17.9 Å². The maximum absolute atomic E-state index is 11.5. The molecule has 0 fully saturated rings. The number of carbonyl (C=O) groups is 2. The smallest absolute Gasteiger partial charge is 0.339 e. The summed E-state index contributed by atoms with van der Waals surface area (Å²) < 4.78 is 4.66. The molecule has 98 valence electrons. The Morgan fingerprint density at radius 3 is 2.61 bits per heavy atom. The highest BCUT2D eigenvalue weighted by molar-refractivity contribution is 5.95. The number of aliphatic carboxylic acids is 1. The fraction of sp³-hybridized carbons (Fsp3) is 0.385. The van der Waals surface area contributed by atoms with Crippen LogP contribution >= 0.6 is 0 Å². The van der Waals surface area contributed by atoms with Crippen LogP contribution < -0.4 is 5.32 Å². The average molecular weight is 251 g/mol. The molecule has 0 bridgehead atoms. The molecule has 2 N–H and O–H groups in total. The number of carboxylic acids is 1. The molecule has 0 amide bonds. The monoisotopic (exact) mass is 251 g/mol. The van der Waals surface area contributed by atoms with Gasteiger partial charge in [0.1, 0.15) is 0 Å². The Bertz CT molecular complexity index is 431. The lowest BCUT2D eigenvalue weighted by Gasteiger charge is -2.14. The molecule has 0 aliphatic carbocycles. The maximum Gasteiger partial charge on any atom is 0.339 e. The first-order valence-electron chi connectivity index (χ1n) is 5.74. The van der Waals surface area contributed by atoms with E-state index in [4.69, 9.17) is 5.11 Å². The lowest BCUT2D eigenvalue weighted by molar-refractivity contribution is -0.141. The second kappa shape index (κ2) is 6.64. The molecule has 1 rings (SSSR count). The van der Waals surface area contributed by atoms with Crippen LogP contribution in [0.2, 0.25) is 0 Å². The molecule has 5 heteroatoms. The van der Waals surface area contributed by atoms with Crippen LogP contribution in [-0.4, -0.2) is 30.7 Å². The van der Waals surface area contributed by atoms with Gasteiger partial charge in [-0.3, -0.25) is 4.79 Å². The molecule has 1 unspecified atom stereocenters. The number of methoxy groups -OCH3 is 1. The molecule has 0 spiro atoms. The molecule has 1 aromatic carbocycles. The van der Waals surface area contributed by atoms with Gasteiger partial charge in [0.15, 0.2) is 0 Å². The number of carboxylic acid groups (broad SMARTS) is 1. The Hall–Kier alpha value is -2.04. The summed E-state index contributed by atoms with van der Waals surface area (Å²) in [6.45, 7) is 2.09. The zero-order valence-electron chi connectivity index (χ0n) is 10.5. The molecule has 0 aliphatic heterocycles. The summed E-state index contributed by atoms with van der Waals surface area (Å²) in [5.41, 5.74) is 0.990. The van der Waals surface area contributed by atoms with Crippen LogP contribution in [0.15, 0.2) is 24.3 Å². The van der Waals surface area contributed by atoms with Gasteiger partial charge in [-0.05, 0) is 18.6 Å². The van der Waals surface area contributed by atoms with Crippen LogP contribution in [0.5, 0.6) is 0 Å². The SMILES string of the molecule is CCC(CNc1ccccc1C(=O)OC)C(=O)O. The highest BCUT2D eigenvalue weighted by atomic mass is 16.5. The number of rotatable bonds is 6. The van der Waals surface area contributed by atoms with E-state index in [1.807, 2.05) is 6.92 Å². The Balaban J connectivity index is 2.78. The summed E-state index contributed by atoms with van der Waals surface area (Å²) in [5, 5.41) is 11.9. The van der Waals surface area contributed by atoms with Gasteiger partial charge in [-0.2, -0.15) is 0 Å². The summed E-state index contributed by atoms with van der Waals surface area (Å²) in [6, 6.07) is 6.86. The van der Waals surface area contributed by atoms with E-state index in [1.165, 1.54) is 7.11 Å². The molecular formula is C13H17NO4. The molecule has 1 atom stereocenters. The largest absolute Gasteiger partial charge is 0.481 e. The third-order valence-electron chi connectivity index (χ3n) is 2.71. The maximum atomic E-state index is 11.5. The minimum atomic E-state index is -0.847. The van der Waals surface area contributed by atoms with Gasteiger partial charge in [-0.15, -0.1) is 0 Å². The number of ether oxygens (including phenoxy) is 1. The van der Waals surface area contributed by atoms with E-state index >= 15 is 0 Å². The lowest BCUT2D eigenvalue weighted by atomic mass is 10.1. The van der Waals surface area contributed by atoms with Gasteiger partial charge in [-0.25, -0.2) is 4.79 Å². The zero-order valence-corrected chi connectivity index (χ0v) is 10.5. The lowest BCUT2D eigenvalue weighted by Crippen LogP contribution is -2.22. The summed E-state index contributed by atoms with van der Waals surface area (Å²) in [6.07, 6.45) is 0.530. The molecular weight excluding hydrogens is 234 g/mol. The van der Waals surface area contributed by atoms with Gasteiger partial charge in [0.25, 0.3) is 0 Å². The second-order valence-electron chi connectivity index (χ2n) is 3.86. The third-order valence-corrected chi connectivity index (χ3v) is 2.71. The molecule has 0 heterocycles. The van der Waals surface area contributed by atoms with Crippen LogP contribution in [0.1, 0.15) is 23.7 Å². The van der Waals surface area contributed by atoms with Crippen molar-refractivity contribution in [3.8, 4) is 0 Å². The molecule has 0 radical (unpaired) electrons. The number of anilines is 1. The molecule has 0 aromatic heterocycles. The summed E-state index contributed by atoms with van der Waals surface area (Å²) in [7, 11) is 1.31. The average Bonchev–Trinajstić information content (AvgIpc) is 2.38. The molecule has 5 nitrogen and oxygen atoms in total. The van der Waals surface area contributed by atoms with Crippen molar-refractivity contribution in [3.05, 3.63) is 29.8 Å². The number of esters is 1. The summed E-state index contributed by atoms with van der Waals surface area (Å²) in [5.74, 6) is -1.77. The highest BCUT2D eigenvalue weighted by Crippen LogP contribution is 2.17. The summed E-state index contributed by atoms with van der Waals surface area (Å²) >= 11 is 0. The van der Waals surface area contributed by atoms with Crippen molar-refractivity contribution in [3.63, 3.8) is 0 Å². The normalized spacial score (nSPS) is 11.7. The van der Waals surface area contributed by atoms with Crippen molar-refractivity contribution in [1.82, 2.24) is 0 Å². The van der Waals surface area contributed by atoms with E-state index in [9.17, 15) is 9.59 Å². The van der Waals surface area contributed by atoms with Gasteiger partial charge in [0.05, 0.1) is 18.6 Å². The van der Waals surface area contributed by atoms with Crippen molar-refractivity contribution in [1.29, 1.82) is 0 Å². The quantitative estimate of drug-likeness (QED) is 0.756. The fourth-order valence-electron chi connectivity index (χ4n) is 1.56. The van der Waals surface area contributed by atoms with Crippen LogP contribution in [0, 0.1) is 5.92 Å². The van der Waals surface area contributed by atoms with Crippen molar-refractivity contribution < 1.29 is 19.4 Å². The van der Waals surface area contributed by atoms with Crippen LogP contribution in [0.4, 0.5) is 5.69 Å². The number of para-hydroxylation sites is 1. The second-order valence-corrected chi connectivity index (χ2v) is 3.86. The van der Waals surface area contributed by atoms with Crippen molar-refractivity contribution in [2.24, 2.45) is 5.92 Å². The number of nitrogens with one attached hydrogen (secondary N) is 1. The molecule has 18 heavy (non-hydrogen) atoms. The van der Waals surface area contributed by atoms with Crippen LogP contribution in [0.25, 0.3) is 0 Å². The molecule has 1 aromatic rings. The van der Waals surface area contributed by atoms with Gasteiger partial charge < -0.3 is 15.2 Å². The molecule has 0 saturated heterocycles. The first-order valence-corrected chi connectivity index (χ1v) is 5.74. The Morgan fingerprint density at radius 2 is 2.06 bits per heavy atom. The third kappa shape index (κ3) is 3.48. The Kier molecular flexibility index (Phi) is 5.17. The summed E-state index contributed by atoms with van der Waals surface area (Å²) in [4.78, 5) is 22.4. The number of hydrogen-bond acceptors (Lipinski definition) is 4. The first-order chi connectivity index (χ1) is 8.60. The zero-order chi connectivity index (χ0) is 13.5. The van der Waals surface area contributed by atoms with E-state index in [0.29, 0.717) is 17.7 Å². The van der Waals surface area contributed by atoms with E-state index in [1.54, 1.807) is 24.3 Å². The Labute approximate surface area is 106 Å². The van der Waals surface area contributed by atoms with Gasteiger partial charge in [0, 0.05) is 12.2 Å². The van der Waals surface area contributed by atoms with E-state index in [0.717, 1.165) is 0 Å². The van der Waals surface area contributed by atoms with Crippen molar-refractivity contribution in [2.45, 2.75) is 13.3 Å².